The predicted molar refractivity (Wildman–Crippen MR) is 92.7 cm³/mol. The summed E-state index contributed by atoms with van der Waals surface area (Å²) >= 11 is 0. The fraction of sp³-hybridized carbons (Fsp3) is 0.474. The molecule has 0 saturated carbocycles. The van der Waals surface area contributed by atoms with Gasteiger partial charge in [-0.25, -0.2) is 9.59 Å². The van der Waals surface area contributed by atoms with Gasteiger partial charge in [-0.05, 0) is 31.4 Å². The lowest BCUT2D eigenvalue weighted by Gasteiger charge is -2.11. The quantitative estimate of drug-likeness (QED) is 0.282. The van der Waals surface area contributed by atoms with Gasteiger partial charge in [0.25, 0.3) is 0 Å². The molecule has 1 aromatic rings. The van der Waals surface area contributed by atoms with Gasteiger partial charge in [-0.15, -0.1) is 0 Å². The van der Waals surface area contributed by atoms with Crippen molar-refractivity contribution >= 4 is 18.0 Å². The first kappa shape index (κ1) is 19.7. The van der Waals surface area contributed by atoms with Crippen LogP contribution < -0.4 is 4.74 Å². The van der Waals surface area contributed by atoms with Crippen LogP contribution in [0.1, 0.15) is 45.6 Å². The number of esters is 2. The fourth-order valence-corrected chi connectivity index (χ4v) is 1.84. The van der Waals surface area contributed by atoms with Crippen LogP contribution in [0, 0.1) is 0 Å². The summed E-state index contributed by atoms with van der Waals surface area (Å²) in [5, 5.41) is 0. The topological polar surface area (TPSA) is 61.8 Å². The molecule has 0 bridgehead atoms. The van der Waals surface area contributed by atoms with Crippen molar-refractivity contribution < 1.29 is 23.8 Å². The minimum absolute atomic E-state index is 0.121. The van der Waals surface area contributed by atoms with Gasteiger partial charge in [-0.1, -0.05) is 39.0 Å². The highest BCUT2D eigenvalue weighted by atomic mass is 16.6. The van der Waals surface area contributed by atoms with Gasteiger partial charge in [0.1, 0.15) is 11.3 Å². The average molecular weight is 334 g/mol. The molecule has 1 rings (SSSR count). The minimum Gasteiger partial charge on any atom is -0.493 e. The summed E-state index contributed by atoms with van der Waals surface area (Å²) in [5.41, 5.74) is 0.521. The lowest BCUT2D eigenvalue weighted by molar-refractivity contribution is -0.147. The van der Waals surface area contributed by atoms with Crippen LogP contribution in [0.15, 0.2) is 29.8 Å². The molecule has 0 saturated heterocycles. The maximum absolute atomic E-state index is 12.2. The molecule has 0 atom stereocenters. The zero-order valence-corrected chi connectivity index (χ0v) is 14.7. The van der Waals surface area contributed by atoms with Crippen LogP contribution in [0.2, 0.25) is 0 Å². The van der Waals surface area contributed by atoms with E-state index in [4.69, 9.17) is 14.2 Å². The van der Waals surface area contributed by atoms with Gasteiger partial charge < -0.3 is 14.2 Å². The Balaban J connectivity index is 3.10. The third kappa shape index (κ3) is 6.44. The van der Waals surface area contributed by atoms with Crippen molar-refractivity contribution in [2.45, 2.75) is 40.0 Å². The van der Waals surface area contributed by atoms with Gasteiger partial charge in [0.15, 0.2) is 0 Å². The Morgan fingerprint density at radius 3 is 1.96 bits per heavy atom. The number of benzene rings is 1. The van der Waals surface area contributed by atoms with Crippen LogP contribution in [0.4, 0.5) is 0 Å². The molecule has 5 nitrogen and oxygen atoms in total. The Kier molecular flexibility index (Phi) is 9.27. The molecule has 24 heavy (non-hydrogen) atoms. The van der Waals surface area contributed by atoms with Crippen LogP contribution >= 0.6 is 0 Å². The Morgan fingerprint density at radius 2 is 1.42 bits per heavy atom. The molecule has 132 valence electrons. The average Bonchev–Trinajstić information content (AvgIpc) is 2.61. The highest BCUT2D eigenvalue weighted by Crippen LogP contribution is 2.22. The monoisotopic (exact) mass is 334 g/mol. The van der Waals surface area contributed by atoms with Crippen molar-refractivity contribution in [3.63, 3.8) is 0 Å². The van der Waals surface area contributed by atoms with Crippen molar-refractivity contribution in [2.75, 3.05) is 19.8 Å². The van der Waals surface area contributed by atoms with E-state index in [1.807, 2.05) is 32.9 Å². The Bertz CT molecular complexity index is 541. The number of rotatable bonds is 10. The summed E-state index contributed by atoms with van der Waals surface area (Å²) in [6.07, 6.45) is 3.70. The molecule has 0 spiro atoms. The van der Waals surface area contributed by atoms with Crippen LogP contribution in [-0.2, 0) is 19.1 Å². The molecule has 1 aromatic carbocycles. The Labute approximate surface area is 143 Å². The number of hydrogen-bond donors (Lipinski definition) is 0. The van der Waals surface area contributed by atoms with Crippen LogP contribution in [0.5, 0.6) is 5.75 Å². The van der Waals surface area contributed by atoms with Gasteiger partial charge in [0.05, 0.1) is 19.8 Å². The van der Waals surface area contributed by atoms with E-state index in [2.05, 4.69) is 0 Å². The lowest BCUT2D eigenvalue weighted by atomic mass is 10.1. The zero-order chi connectivity index (χ0) is 17.8. The van der Waals surface area contributed by atoms with E-state index in [1.165, 1.54) is 6.08 Å². The second kappa shape index (κ2) is 11.3. The van der Waals surface area contributed by atoms with E-state index in [-0.39, 0.29) is 18.8 Å². The van der Waals surface area contributed by atoms with Crippen LogP contribution in [0.25, 0.3) is 6.08 Å². The molecular weight excluding hydrogens is 308 g/mol. The molecule has 0 aliphatic heterocycles. The molecule has 0 N–H and O–H groups in total. The van der Waals surface area contributed by atoms with Gasteiger partial charge in [0, 0.05) is 5.56 Å². The van der Waals surface area contributed by atoms with Gasteiger partial charge in [-0.2, -0.15) is 0 Å². The van der Waals surface area contributed by atoms with E-state index in [0.29, 0.717) is 30.8 Å². The van der Waals surface area contributed by atoms with Crippen molar-refractivity contribution in [2.24, 2.45) is 0 Å². The number of carbonyl (C=O) groups excluding carboxylic acids is 2. The van der Waals surface area contributed by atoms with E-state index in [1.54, 1.807) is 12.1 Å². The van der Waals surface area contributed by atoms with Crippen LogP contribution in [-0.4, -0.2) is 31.8 Å². The summed E-state index contributed by atoms with van der Waals surface area (Å²) in [5.74, 6) is -0.741. The maximum Gasteiger partial charge on any atom is 0.345 e. The molecule has 0 unspecified atom stereocenters. The standard InChI is InChI=1S/C19H26O5/c1-4-11-22-17-10-8-7-9-15(17)14-16(18(20)23-12-5-2)19(21)24-13-6-3/h7-10,14H,4-6,11-13H2,1-3H3. The lowest BCUT2D eigenvalue weighted by Crippen LogP contribution is -2.19. The second-order valence-corrected chi connectivity index (χ2v) is 5.22. The van der Waals surface area contributed by atoms with E-state index >= 15 is 0 Å². The molecule has 0 heterocycles. The van der Waals surface area contributed by atoms with E-state index < -0.39 is 11.9 Å². The molecule has 0 amide bonds. The first-order valence-electron chi connectivity index (χ1n) is 8.41. The van der Waals surface area contributed by atoms with Gasteiger partial charge in [0.2, 0.25) is 0 Å². The molecule has 0 aliphatic carbocycles. The molecular formula is C19H26O5. The SMILES string of the molecule is CCCOC(=O)C(=Cc1ccccc1OCCC)C(=O)OCCC. The summed E-state index contributed by atoms with van der Waals surface area (Å²) in [7, 11) is 0. The smallest absolute Gasteiger partial charge is 0.345 e. The fourth-order valence-electron chi connectivity index (χ4n) is 1.84. The summed E-state index contributed by atoms with van der Waals surface area (Å²) in [6.45, 7) is 6.85. The van der Waals surface area contributed by atoms with E-state index in [0.717, 1.165) is 6.42 Å². The van der Waals surface area contributed by atoms with Gasteiger partial charge >= 0.3 is 11.9 Å². The molecule has 0 aliphatic rings. The Morgan fingerprint density at radius 1 is 0.875 bits per heavy atom. The number of ether oxygens (including phenoxy) is 3. The summed E-state index contributed by atoms with van der Waals surface area (Å²) in [6, 6.07) is 7.24. The van der Waals surface area contributed by atoms with Crippen molar-refractivity contribution in [1.29, 1.82) is 0 Å². The molecule has 0 radical (unpaired) electrons. The largest absolute Gasteiger partial charge is 0.493 e. The van der Waals surface area contributed by atoms with Crippen molar-refractivity contribution in [3.8, 4) is 5.75 Å². The normalized spacial score (nSPS) is 9.96. The second-order valence-electron chi connectivity index (χ2n) is 5.22. The van der Waals surface area contributed by atoms with Crippen LogP contribution in [0.3, 0.4) is 0 Å². The predicted octanol–water partition coefficient (Wildman–Crippen LogP) is 3.77. The van der Waals surface area contributed by atoms with Crippen molar-refractivity contribution in [1.82, 2.24) is 0 Å². The summed E-state index contributed by atoms with van der Waals surface area (Å²) in [4.78, 5) is 24.4. The molecule has 0 aromatic heterocycles. The summed E-state index contributed by atoms with van der Waals surface area (Å²) < 4.78 is 15.9. The van der Waals surface area contributed by atoms with Crippen molar-refractivity contribution in [3.05, 3.63) is 35.4 Å². The number of hydrogen-bond acceptors (Lipinski definition) is 5. The minimum atomic E-state index is -0.678. The first-order valence-corrected chi connectivity index (χ1v) is 8.41. The first-order chi connectivity index (χ1) is 11.6. The molecule has 5 heteroatoms. The maximum atomic E-state index is 12.2. The third-order valence-electron chi connectivity index (χ3n) is 2.99. The van der Waals surface area contributed by atoms with E-state index in [9.17, 15) is 9.59 Å². The molecule has 0 fully saturated rings. The number of para-hydroxylation sites is 1. The highest BCUT2D eigenvalue weighted by molar-refractivity contribution is 6.17. The van der Waals surface area contributed by atoms with Gasteiger partial charge in [-0.3, -0.25) is 0 Å². The highest BCUT2D eigenvalue weighted by Gasteiger charge is 2.22. The zero-order valence-electron chi connectivity index (χ0n) is 14.7. The number of carbonyl (C=O) groups is 2. The third-order valence-corrected chi connectivity index (χ3v) is 2.99. The Hall–Kier alpha value is -2.30.